The van der Waals surface area contributed by atoms with Gasteiger partial charge in [0.15, 0.2) is 5.78 Å². The first-order valence-electron chi connectivity index (χ1n) is 10.0. The largest absolute Gasteiger partial charge is 0.300 e. The smallest absolute Gasteiger partial charge is 0.155 e. The highest BCUT2D eigenvalue weighted by Gasteiger charge is 2.61. The Balaban J connectivity index is 1.72. The van der Waals surface area contributed by atoms with E-state index in [9.17, 15) is 9.59 Å². The molecule has 0 bridgehead atoms. The molecule has 4 aliphatic carbocycles. The Morgan fingerprint density at radius 3 is 2.58 bits per heavy atom. The van der Waals surface area contributed by atoms with Gasteiger partial charge >= 0.3 is 0 Å². The highest BCUT2D eigenvalue weighted by Crippen LogP contribution is 2.67. The second kappa shape index (κ2) is 5.29. The molecule has 4 aliphatic rings. The summed E-state index contributed by atoms with van der Waals surface area (Å²) in [6.45, 7) is 9.07. The molecule has 4 rings (SSSR count). The zero-order chi connectivity index (χ0) is 17.3. The molecule has 132 valence electrons. The van der Waals surface area contributed by atoms with Gasteiger partial charge in [-0.05, 0) is 86.0 Å². The number of carbonyl (C=O) groups is 2. The molecular weight excluding hydrogens is 296 g/mol. The maximum atomic E-state index is 12.2. The minimum atomic E-state index is 0.226. The maximum absolute atomic E-state index is 12.2. The Bertz CT molecular complexity index is 617. The van der Waals surface area contributed by atoms with Crippen molar-refractivity contribution in [3.63, 3.8) is 0 Å². The highest BCUT2D eigenvalue weighted by atomic mass is 16.1. The van der Waals surface area contributed by atoms with E-state index in [1.54, 1.807) is 0 Å². The summed E-state index contributed by atoms with van der Waals surface area (Å²) in [7, 11) is 0. The van der Waals surface area contributed by atoms with Gasteiger partial charge in [-0.1, -0.05) is 26.3 Å². The van der Waals surface area contributed by atoms with E-state index < -0.39 is 0 Å². The van der Waals surface area contributed by atoms with E-state index in [1.165, 1.54) is 24.8 Å². The zero-order valence-corrected chi connectivity index (χ0v) is 15.7. The molecule has 7 atom stereocenters. The van der Waals surface area contributed by atoms with Crippen molar-refractivity contribution in [1.29, 1.82) is 0 Å². The van der Waals surface area contributed by atoms with Gasteiger partial charge in [0.05, 0.1) is 0 Å². The lowest BCUT2D eigenvalue weighted by atomic mass is 9.44. The Kier molecular flexibility index (Phi) is 3.64. The molecule has 0 unspecified atom stereocenters. The van der Waals surface area contributed by atoms with E-state index in [1.807, 2.05) is 13.0 Å². The van der Waals surface area contributed by atoms with Gasteiger partial charge in [0.2, 0.25) is 0 Å². The fraction of sp³-hybridized carbons (Fsp3) is 0.818. The normalized spacial score (nSPS) is 50.6. The molecular formula is C22H32O2. The minimum absolute atomic E-state index is 0.226. The summed E-state index contributed by atoms with van der Waals surface area (Å²) in [5.41, 5.74) is 1.90. The molecule has 0 aromatic rings. The van der Waals surface area contributed by atoms with Crippen LogP contribution in [0.4, 0.5) is 0 Å². The Morgan fingerprint density at radius 1 is 1.12 bits per heavy atom. The van der Waals surface area contributed by atoms with Crippen LogP contribution >= 0.6 is 0 Å². The molecule has 3 saturated carbocycles. The molecule has 0 aromatic heterocycles. The first-order valence-corrected chi connectivity index (χ1v) is 10.0. The molecule has 2 nitrogen and oxygen atoms in total. The van der Waals surface area contributed by atoms with E-state index in [4.69, 9.17) is 0 Å². The zero-order valence-electron chi connectivity index (χ0n) is 15.7. The Morgan fingerprint density at radius 2 is 1.88 bits per heavy atom. The molecule has 0 amide bonds. The average Bonchev–Trinajstić information content (AvgIpc) is 2.86. The van der Waals surface area contributed by atoms with Crippen LogP contribution in [0, 0.1) is 40.4 Å². The van der Waals surface area contributed by atoms with Crippen molar-refractivity contribution in [2.75, 3.05) is 0 Å². The maximum Gasteiger partial charge on any atom is 0.155 e. The fourth-order valence-corrected chi connectivity index (χ4v) is 7.57. The third kappa shape index (κ3) is 2.07. The fourth-order valence-electron chi connectivity index (χ4n) is 7.57. The lowest BCUT2D eigenvalue weighted by Crippen LogP contribution is -2.53. The molecule has 3 fully saturated rings. The van der Waals surface area contributed by atoms with Gasteiger partial charge in [-0.2, -0.15) is 0 Å². The molecule has 0 saturated heterocycles. The summed E-state index contributed by atoms with van der Waals surface area (Å²) in [4.78, 5) is 24.2. The lowest BCUT2D eigenvalue weighted by molar-refractivity contribution is -0.130. The first kappa shape index (κ1) is 16.5. The standard InChI is InChI=1S/C22H32O2/c1-13-11-15-12-16(24)7-9-21(15,3)19-8-10-22(4)17(14(2)23)5-6-18(22)20(13)19/h12-13,17-20H,5-11H2,1-4H3/t13-,17+,18-,19+,20-,21+,22+/m1/s1. The van der Waals surface area contributed by atoms with E-state index >= 15 is 0 Å². The van der Waals surface area contributed by atoms with Crippen LogP contribution in [0.2, 0.25) is 0 Å². The summed E-state index contributed by atoms with van der Waals surface area (Å²) in [5, 5.41) is 0. The van der Waals surface area contributed by atoms with E-state index in [0.717, 1.165) is 31.6 Å². The van der Waals surface area contributed by atoms with E-state index in [0.29, 0.717) is 29.3 Å². The molecule has 0 N–H and O–H groups in total. The third-order valence-electron chi connectivity index (χ3n) is 8.80. The molecule has 2 heteroatoms. The quantitative estimate of drug-likeness (QED) is 0.681. The number of hydrogen-bond acceptors (Lipinski definition) is 2. The molecule has 0 aromatic carbocycles. The van der Waals surface area contributed by atoms with Crippen LogP contribution in [-0.4, -0.2) is 11.6 Å². The van der Waals surface area contributed by atoms with Crippen molar-refractivity contribution in [2.45, 2.75) is 72.6 Å². The van der Waals surface area contributed by atoms with Gasteiger partial charge in [-0.25, -0.2) is 0 Å². The predicted molar refractivity (Wildman–Crippen MR) is 95.4 cm³/mol. The first-order chi connectivity index (χ1) is 11.3. The number of fused-ring (bicyclic) bond motifs is 5. The van der Waals surface area contributed by atoms with Crippen molar-refractivity contribution in [2.24, 2.45) is 40.4 Å². The van der Waals surface area contributed by atoms with Gasteiger partial charge in [0.25, 0.3) is 0 Å². The van der Waals surface area contributed by atoms with Crippen LogP contribution in [0.25, 0.3) is 0 Å². The minimum Gasteiger partial charge on any atom is -0.300 e. The van der Waals surface area contributed by atoms with Crippen molar-refractivity contribution >= 4 is 11.6 Å². The number of allylic oxidation sites excluding steroid dienone is 1. The van der Waals surface area contributed by atoms with Gasteiger partial charge in [0.1, 0.15) is 5.78 Å². The Hall–Kier alpha value is -0.920. The number of carbonyl (C=O) groups excluding carboxylic acids is 2. The van der Waals surface area contributed by atoms with Crippen LogP contribution in [0.5, 0.6) is 0 Å². The van der Waals surface area contributed by atoms with E-state index in [2.05, 4.69) is 20.8 Å². The number of ketones is 2. The van der Waals surface area contributed by atoms with Gasteiger partial charge in [0, 0.05) is 12.3 Å². The topological polar surface area (TPSA) is 34.1 Å². The van der Waals surface area contributed by atoms with Crippen LogP contribution in [-0.2, 0) is 9.59 Å². The second-order valence-corrected chi connectivity index (χ2v) is 9.81. The molecule has 24 heavy (non-hydrogen) atoms. The van der Waals surface area contributed by atoms with Crippen molar-refractivity contribution in [1.82, 2.24) is 0 Å². The summed E-state index contributed by atoms with van der Waals surface area (Å²) in [5.74, 6) is 3.84. The van der Waals surface area contributed by atoms with Crippen LogP contribution in [0.15, 0.2) is 11.6 Å². The summed E-state index contributed by atoms with van der Waals surface area (Å²) >= 11 is 0. The SMILES string of the molecule is CC(=O)[C@@H]1CC[C@@H]2[C@H]3[C@H](C)CC4=CC(=O)CC[C@]4(C)[C@H]3CC[C@]21C. The van der Waals surface area contributed by atoms with Gasteiger partial charge in [-0.15, -0.1) is 0 Å². The number of hydrogen-bond donors (Lipinski definition) is 0. The third-order valence-corrected chi connectivity index (χ3v) is 8.80. The monoisotopic (exact) mass is 328 g/mol. The van der Waals surface area contributed by atoms with Crippen molar-refractivity contribution in [3.05, 3.63) is 11.6 Å². The van der Waals surface area contributed by atoms with Crippen LogP contribution in [0.3, 0.4) is 0 Å². The molecule has 0 spiro atoms. The molecule has 0 radical (unpaired) electrons. The predicted octanol–water partition coefficient (Wildman–Crippen LogP) is 4.97. The lowest BCUT2D eigenvalue weighted by Gasteiger charge is -2.60. The number of Topliss-reactive ketones (excluding diaryl/α,β-unsaturated/α-hetero) is 1. The summed E-state index contributed by atoms with van der Waals surface area (Å²) < 4.78 is 0. The average molecular weight is 328 g/mol. The Labute approximate surface area is 146 Å². The van der Waals surface area contributed by atoms with Crippen molar-refractivity contribution in [3.8, 4) is 0 Å². The van der Waals surface area contributed by atoms with Gasteiger partial charge < -0.3 is 0 Å². The molecule has 0 heterocycles. The number of rotatable bonds is 1. The molecule has 0 aliphatic heterocycles. The highest BCUT2D eigenvalue weighted by molar-refractivity contribution is 5.91. The van der Waals surface area contributed by atoms with Crippen LogP contribution in [0.1, 0.15) is 72.6 Å². The van der Waals surface area contributed by atoms with E-state index in [-0.39, 0.29) is 16.7 Å². The van der Waals surface area contributed by atoms with Gasteiger partial charge in [-0.3, -0.25) is 9.59 Å². The summed E-state index contributed by atoms with van der Waals surface area (Å²) in [6.07, 6.45) is 9.66. The second-order valence-electron chi connectivity index (χ2n) is 9.81. The van der Waals surface area contributed by atoms with Crippen LogP contribution < -0.4 is 0 Å². The summed E-state index contributed by atoms with van der Waals surface area (Å²) in [6, 6.07) is 0. The van der Waals surface area contributed by atoms with Crippen molar-refractivity contribution < 1.29 is 9.59 Å².